The minimum atomic E-state index is -0.0945. The number of aromatic amines is 1. The van der Waals surface area contributed by atoms with E-state index in [2.05, 4.69) is 15.3 Å². The van der Waals surface area contributed by atoms with Crippen LogP contribution in [-0.4, -0.2) is 23.0 Å². The Morgan fingerprint density at radius 3 is 2.75 bits per heavy atom. The van der Waals surface area contributed by atoms with Crippen LogP contribution in [0.4, 0.5) is 0 Å². The lowest BCUT2D eigenvalue weighted by atomic mass is 10.1. The summed E-state index contributed by atoms with van der Waals surface area (Å²) in [6.45, 7) is 2.29. The van der Waals surface area contributed by atoms with E-state index in [0.717, 1.165) is 27.8 Å². The van der Waals surface area contributed by atoms with Gasteiger partial charge in [0.25, 0.3) is 0 Å². The Balaban J connectivity index is 1.42. The van der Waals surface area contributed by atoms with Crippen molar-refractivity contribution in [1.29, 1.82) is 0 Å². The van der Waals surface area contributed by atoms with Crippen LogP contribution in [-0.2, 0) is 17.8 Å². The van der Waals surface area contributed by atoms with Crippen molar-refractivity contribution in [3.63, 3.8) is 0 Å². The van der Waals surface area contributed by atoms with Crippen LogP contribution in [0.5, 0.6) is 5.75 Å². The first-order chi connectivity index (χ1) is 13.6. The molecule has 4 aromatic rings. The second kappa shape index (κ2) is 7.60. The van der Waals surface area contributed by atoms with E-state index in [1.807, 2.05) is 61.7 Å². The van der Waals surface area contributed by atoms with Gasteiger partial charge in [0, 0.05) is 29.2 Å². The van der Waals surface area contributed by atoms with Crippen molar-refractivity contribution in [3.05, 3.63) is 71.7 Å². The van der Waals surface area contributed by atoms with Gasteiger partial charge in [0.15, 0.2) is 0 Å². The molecular weight excluding hydrogens is 354 g/mol. The minimum absolute atomic E-state index is 0.0945. The molecule has 0 aliphatic heterocycles. The van der Waals surface area contributed by atoms with Crippen LogP contribution < -0.4 is 10.1 Å². The highest BCUT2D eigenvalue weighted by Crippen LogP contribution is 2.24. The molecule has 0 aliphatic rings. The lowest BCUT2D eigenvalue weighted by Gasteiger charge is -2.03. The van der Waals surface area contributed by atoms with E-state index in [-0.39, 0.29) is 12.3 Å². The normalized spacial score (nSPS) is 10.9. The van der Waals surface area contributed by atoms with Gasteiger partial charge in [0.05, 0.1) is 19.2 Å². The predicted octanol–water partition coefficient (Wildman–Crippen LogP) is 4.00. The third-order valence-electron chi connectivity index (χ3n) is 4.71. The monoisotopic (exact) mass is 375 g/mol. The number of H-pyrrole nitrogens is 1. The Morgan fingerprint density at radius 1 is 1.18 bits per heavy atom. The maximum Gasteiger partial charge on any atom is 0.226 e. The van der Waals surface area contributed by atoms with Crippen molar-refractivity contribution in [1.82, 2.24) is 15.3 Å². The second-order valence-corrected chi connectivity index (χ2v) is 6.56. The van der Waals surface area contributed by atoms with Crippen LogP contribution in [0.1, 0.15) is 17.0 Å². The smallest absolute Gasteiger partial charge is 0.226 e. The van der Waals surface area contributed by atoms with Crippen LogP contribution in [0.3, 0.4) is 0 Å². The maximum absolute atomic E-state index is 12.4. The first kappa shape index (κ1) is 17.9. The number of rotatable bonds is 6. The summed E-state index contributed by atoms with van der Waals surface area (Å²) >= 11 is 0. The molecule has 2 N–H and O–H groups in total. The Morgan fingerprint density at radius 2 is 1.96 bits per heavy atom. The fraction of sp³-hybridized carbons (Fsp3) is 0.182. The highest BCUT2D eigenvalue weighted by Gasteiger charge is 2.15. The number of hydrogen-bond acceptors (Lipinski definition) is 4. The summed E-state index contributed by atoms with van der Waals surface area (Å²) < 4.78 is 10.9. The van der Waals surface area contributed by atoms with E-state index in [1.165, 1.54) is 0 Å². The van der Waals surface area contributed by atoms with Crippen LogP contribution >= 0.6 is 0 Å². The molecule has 0 saturated heterocycles. The van der Waals surface area contributed by atoms with Crippen molar-refractivity contribution < 1.29 is 13.9 Å². The Bertz CT molecular complexity index is 1110. The van der Waals surface area contributed by atoms with E-state index in [4.69, 9.17) is 9.15 Å². The zero-order valence-electron chi connectivity index (χ0n) is 15.8. The Hall–Kier alpha value is -3.54. The van der Waals surface area contributed by atoms with E-state index < -0.39 is 0 Å². The van der Waals surface area contributed by atoms with E-state index >= 15 is 0 Å². The quantitative estimate of drug-likeness (QED) is 0.534. The molecule has 0 radical (unpaired) electrons. The van der Waals surface area contributed by atoms with Crippen molar-refractivity contribution in [2.45, 2.75) is 19.9 Å². The molecule has 0 fully saturated rings. The molecule has 0 spiro atoms. The predicted molar refractivity (Wildman–Crippen MR) is 107 cm³/mol. The number of nitrogens with zero attached hydrogens (tertiary/aromatic N) is 1. The number of hydrogen-bond donors (Lipinski definition) is 2. The molecule has 28 heavy (non-hydrogen) atoms. The molecule has 2 aromatic carbocycles. The lowest BCUT2D eigenvalue weighted by Crippen LogP contribution is -2.24. The van der Waals surface area contributed by atoms with Crippen molar-refractivity contribution in [2.75, 3.05) is 7.11 Å². The molecule has 6 heteroatoms. The zero-order chi connectivity index (χ0) is 19.5. The number of oxazole rings is 1. The number of ether oxygens (including phenoxy) is 1. The van der Waals surface area contributed by atoms with E-state index in [9.17, 15) is 4.79 Å². The molecule has 6 nitrogen and oxygen atoms in total. The molecule has 0 aliphatic carbocycles. The molecule has 1 amide bonds. The van der Waals surface area contributed by atoms with Gasteiger partial charge in [0.2, 0.25) is 11.8 Å². The van der Waals surface area contributed by atoms with Crippen LogP contribution in [0.2, 0.25) is 0 Å². The topological polar surface area (TPSA) is 80.1 Å². The molecule has 0 bridgehead atoms. The Labute approximate surface area is 162 Å². The van der Waals surface area contributed by atoms with Crippen molar-refractivity contribution >= 4 is 16.8 Å². The van der Waals surface area contributed by atoms with Gasteiger partial charge in [-0.3, -0.25) is 4.79 Å². The summed E-state index contributed by atoms with van der Waals surface area (Å²) in [6.07, 6.45) is 2.10. The second-order valence-electron chi connectivity index (χ2n) is 6.56. The van der Waals surface area contributed by atoms with E-state index in [0.29, 0.717) is 23.9 Å². The van der Waals surface area contributed by atoms with Gasteiger partial charge in [0.1, 0.15) is 11.5 Å². The van der Waals surface area contributed by atoms with Gasteiger partial charge in [-0.1, -0.05) is 18.2 Å². The van der Waals surface area contributed by atoms with Crippen LogP contribution in [0.25, 0.3) is 22.4 Å². The fourth-order valence-corrected chi connectivity index (χ4v) is 3.14. The number of aromatic nitrogens is 2. The molecule has 2 heterocycles. The molecule has 2 aromatic heterocycles. The summed E-state index contributed by atoms with van der Waals surface area (Å²) in [6, 6.07) is 15.5. The summed E-state index contributed by atoms with van der Waals surface area (Å²) in [7, 11) is 1.62. The van der Waals surface area contributed by atoms with Gasteiger partial charge in [-0.15, -0.1) is 0 Å². The SMILES string of the molecule is COc1ccc(-c2nc(CC(=O)NCc3c[nH]c4ccccc34)c(C)o2)cc1. The molecule has 0 atom stereocenters. The Kier molecular flexibility index (Phi) is 4.85. The minimum Gasteiger partial charge on any atom is -0.497 e. The zero-order valence-corrected chi connectivity index (χ0v) is 15.8. The molecular formula is C22H21N3O3. The molecule has 0 unspecified atom stereocenters. The number of methoxy groups -OCH3 is 1. The average Bonchev–Trinajstić information content (AvgIpc) is 3.30. The first-order valence-electron chi connectivity index (χ1n) is 9.06. The number of nitrogens with one attached hydrogen (secondary N) is 2. The standard InChI is InChI=1S/C22H21N3O3/c1-14-20(25-22(28-14)15-7-9-17(27-2)10-8-15)11-21(26)24-13-16-12-23-19-6-4-3-5-18(16)19/h3-10,12,23H,11,13H2,1-2H3,(H,24,26). The highest BCUT2D eigenvalue weighted by atomic mass is 16.5. The maximum atomic E-state index is 12.4. The number of amides is 1. The van der Waals surface area contributed by atoms with Crippen molar-refractivity contribution in [3.8, 4) is 17.2 Å². The lowest BCUT2D eigenvalue weighted by molar-refractivity contribution is -0.120. The van der Waals surface area contributed by atoms with Gasteiger partial charge >= 0.3 is 0 Å². The van der Waals surface area contributed by atoms with Crippen LogP contribution in [0, 0.1) is 6.92 Å². The van der Waals surface area contributed by atoms with Gasteiger partial charge in [-0.05, 0) is 42.8 Å². The number of aryl methyl sites for hydroxylation is 1. The van der Waals surface area contributed by atoms with Gasteiger partial charge in [-0.25, -0.2) is 4.98 Å². The number of carbonyl (C=O) groups is 1. The van der Waals surface area contributed by atoms with Crippen molar-refractivity contribution in [2.24, 2.45) is 0 Å². The third kappa shape index (κ3) is 3.62. The molecule has 142 valence electrons. The van der Waals surface area contributed by atoms with Crippen LogP contribution in [0.15, 0.2) is 59.1 Å². The summed E-state index contributed by atoms with van der Waals surface area (Å²) in [5.41, 5.74) is 3.60. The summed E-state index contributed by atoms with van der Waals surface area (Å²) in [5.74, 6) is 1.82. The number of fused-ring (bicyclic) bond motifs is 1. The number of benzene rings is 2. The third-order valence-corrected chi connectivity index (χ3v) is 4.71. The number of para-hydroxylation sites is 1. The average molecular weight is 375 g/mol. The number of carbonyl (C=O) groups excluding carboxylic acids is 1. The molecule has 4 rings (SSSR count). The molecule has 0 saturated carbocycles. The summed E-state index contributed by atoms with van der Waals surface area (Å²) in [4.78, 5) is 20.1. The largest absolute Gasteiger partial charge is 0.497 e. The van der Waals surface area contributed by atoms with E-state index in [1.54, 1.807) is 7.11 Å². The fourth-order valence-electron chi connectivity index (χ4n) is 3.14. The first-order valence-corrected chi connectivity index (χ1v) is 9.06. The highest BCUT2D eigenvalue weighted by molar-refractivity contribution is 5.84. The summed E-state index contributed by atoms with van der Waals surface area (Å²) in [5, 5.41) is 4.07. The van der Waals surface area contributed by atoms with Gasteiger partial charge in [-0.2, -0.15) is 0 Å². The van der Waals surface area contributed by atoms with Gasteiger partial charge < -0.3 is 19.5 Å².